The summed E-state index contributed by atoms with van der Waals surface area (Å²) >= 11 is 0. The summed E-state index contributed by atoms with van der Waals surface area (Å²) in [5.74, 6) is -0.551. The molecule has 200 valence electrons. The Morgan fingerprint density at radius 1 is 1.08 bits per heavy atom. The lowest BCUT2D eigenvalue weighted by Crippen LogP contribution is -2.22. The molecular weight excluding hydrogens is 497 g/mol. The molecule has 2 N–H and O–H groups in total. The molecule has 0 spiro atoms. The first kappa shape index (κ1) is 26.9. The van der Waals surface area contributed by atoms with Crippen molar-refractivity contribution in [2.24, 2.45) is 7.05 Å². The topological polar surface area (TPSA) is 92.9 Å². The summed E-state index contributed by atoms with van der Waals surface area (Å²) < 4.78 is 43.5. The lowest BCUT2D eigenvalue weighted by molar-refractivity contribution is -0.137. The van der Waals surface area contributed by atoms with Gasteiger partial charge in [-0.05, 0) is 63.8 Å². The Morgan fingerprint density at radius 3 is 2.50 bits per heavy atom. The molecule has 0 saturated heterocycles. The molecule has 2 aromatic carbocycles. The molecule has 0 atom stereocenters. The van der Waals surface area contributed by atoms with E-state index < -0.39 is 17.6 Å². The molecule has 0 saturated carbocycles. The van der Waals surface area contributed by atoms with Gasteiger partial charge in [-0.1, -0.05) is 11.3 Å². The Labute approximate surface area is 218 Å². The highest BCUT2D eigenvalue weighted by Crippen LogP contribution is 2.34. The minimum atomic E-state index is -4.55. The van der Waals surface area contributed by atoms with Crippen LogP contribution in [-0.4, -0.2) is 62.8 Å². The highest BCUT2D eigenvalue weighted by molar-refractivity contribution is 6.06. The van der Waals surface area contributed by atoms with E-state index in [-0.39, 0.29) is 11.3 Å². The zero-order valence-electron chi connectivity index (χ0n) is 21.8. The van der Waals surface area contributed by atoms with Gasteiger partial charge in [-0.2, -0.15) is 18.3 Å². The maximum atomic E-state index is 13.4. The number of amides is 1. The fourth-order valence-corrected chi connectivity index (χ4v) is 3.84. The van der Waals surface area contributed by atoms with E-state index in [0.29, 0.717) is 30.2 Å². The Hall–Kier alpha value is -4.19. The fourth-order valence-electron chi connectivity index (χ4n) is 3.84. The smallest absolute Gasteiger partial charge is 0.382 e. The van der Waals surface area contributed by atoms with Crippen LogP contribution in [0.3, 0.4) is 0 Å². The van der Waals surface area contributed by atoms with Crippen molar-refractivity contribution in [3.8, 4) is 16.9 Å². The predicted molar refractivity (Wildman–Crippen MR) is 139 cm³/mol. The first-order chi connectivity index (χ1) is 17.9. The van der Waals surface area contributed by atoms with E-state index in [1.54, 1.807) is 40.0 Å². The van der Waals surface area contributed by atoms with Gasteiger partial charge in [-0.25, -0.2) is 4.68 Å². The van der Waals surface area contributed by atoms with Crippen LogP contribution >= 0.6 is 0 Å². The number of nitrogens with zero attached hydrogens (tertiary/aromatic N) is 6. The monoisotopic (exact) mass is 526 g/mol. The van der Waals surface area contributed by atoms with Gasteiger partial charge >= 0.3 is 6.18 Å². The highest BCUT2D eigenvalue weighted by Gasteiger charge is 2.31. The van der Waals surface area contributed by atoms with Crippen molar-refractivity contribution in [2.45, 2.75) is 20.0 Å². The van der Waals surface area contributed by atoms with Gasteiger partial charge in [0.05, 0.1) is 35.0 Å². The second kappa shape index (κ2) is 10.7. The SMILES string of the molecule is Cc1ccc(C(=O)Nc2cc(C(F)(F)F)ccc2NCCN(C)C)cc1-n1cc(-c2cnn(C)c2C)nn1. The number of carbonyl (C=O) groups excluding carboxylic acids is 1. The van der Waals surface area contributed by atoms with Crippen molar-refractivity contribution in [3.63, 3.8) is 0 Å². The molecule has 2 aromatic heterocycles. The largest absolute Gasteiger partial charge is 0.416 e. The lowest BCUT2D eigenvalue weighted by atomic mass is 10.1. The van der Waals surface area contributed by atoms with E-state index >= 15 is 0 Å². The molecule has 4 aromatic rings. The van der Waals surface area contributed by atoms with Crippen molar-refractivity contribution in [2.75, 3.05) is 37.8 Å². The van der Waals surface area contributed by atoms with E-state index in [4.69, 9.17) is 0 Å². The molecule has 0 unspecified atom stereocenters. The third kappa shape index (κ3) is 5.86. The molecule has 1 amide bonds. The highest BCUT2D eigenvalue weighted by atomic mass is 19.4. The minimum Gasteiger partial charge on any atom is -0.382 e. The van der Waals surface area contributed by atoms with Crippen molar-refractivity contribution in [1.82, 2.24) is 29.7 Å². The van der Waals surface area contributed by atoms with Gasteiger partial charge < -0.3 is 15.5 Å². The Morgan fingerprint density at radius 2 is 1.84 bits per heavy atom. The first-order valence-electron chi connectivity index (χ1n) is 11.9. The molecule has 0 fully saturated rings. The van der Waals surface area contributed by atoms with Crippen LogP contribution in [0.5, 0.6) is 0 Å². The maximum Gasteiger partial charge on any atom is 0.416 e. The van der Waals surface area contributed by atoms with Crippen LogP contribution < -0.4 is 10.6 Å². The van der Waals surface area contributed by atoms with E-state index in [0.717, 1.165) is 29.0 Å². The molecule has 38 heavy (non-hydrogen) atoms. The molecule has 9 nitrogen and oxygen atoms in total. The molecule has 12 heteroatoms. The number of likely N-dealkylation sites (N-methyl/N-ethyl adjacent to an activating group) is 1. The number of benzene rings is 2. The predicted octanol–water partition coefficient (Wildman–Crippen LogP) is 4.53. The van der Waals surface area contributed by atoms with Crippen molar-refractivity contribution in [3.05, 3.63) is 71.2 Å². The van der Waals surface area contributed by atoms with Gasteiger partial charge in [-0.15, -0.1) is 5.10 Å². The van der Waals surface area contributed by atoms with E-state index in [1.807, 2.05) is 39.9 Å². The third-order valence-corrected chi connectivity index (χ3v) is 6.19. The Kier molecular flexibility index (Phi) is 7.53. The van der Waals surface area contributed by atoms with Gasteiger partial charge in [0.15, 0.2) is 0 Å². The molecule has 0 bridgehead atoms. The van der Waals surface area contributed by atoms with Gasteiger partial charge in [0.1, 0.15) is 5.69 Å². The second-order valence-electron chi connectivity index (χ2n) is 9.26. The molecule has 0 aliphatic rings. The summed E-state index contributed by atoms with van der Waals surface area (Å²) in [6, 6.07) is 8.25. The number of nitrogens with one attached hydrogen (secondary N) is 2. The van der Waals surface area contributed by atoms with Crippen LogP contribution in [0, 0.1) is 13.8 Å². The summed E-state index contributed by atoms with van der Waals surface area (Å²) in [4.78, 5) is 15.1. The number of hydrogen-bond acceptors (Lipinski definition) is 6. The second-order valence-corrected chi connectivity index (χ2v) is 9.26. The summed E-state index contributed by atoms with van der Waals surface area (Å²) in [7, 11) is 5.62. The molecule has 0 aliphatic heterocycles. The van der Waals surface area contributed by atoms with Gasteiger partial charge in [-0.3, -0.25) is 9.48 Å². The average molecular weight is 527 g/mol. The van der Waals surface area contributed by atoms with Crippen molar-refractivity contribution >= 4 is 17.3 Å². The average Bonchev–Trinajstić information content (AvgIpc) is 3.46. The van der Waals surface area contributed by atoms with Crippen molar-refractivity contribution < 1.29 is 18.0 Å². The van der Waals surface area contributed by atoms with E-state index in [2.05, 4.69) is 26.0 Å². The number of carbonyl (C=O) groups is 1. The van der Waals surface area contributed by atoms with Crippen LogP contribution in [0.25, 0.3) is 16.9 Å². The molecule has 2 heterocycles. The number of aromatic nitrogens is 5. The Bertz CT molecular complexity index is 1460. The van der Waals surface area contributed by atoms with Crippen LogP contribution in [0.4, 0.5) is 24.5 Å². The summed E-state index contributed by atoms with van der Waals surface area (Å²) in [5.41, 5.74) is 3.70. The minimum absolute atomic E-state index is 0.0424. The van der Waals surface area contributed by atoms with Crippen LogP contribution in [0.1, 0.15) is 27.2 Å². The summed E-state index contributed by atoms with van der Waals surface area (Å²) in [6.07, 6.45) is -1.09. The third-order valence-electron chi connectivity index (χ3n) is 6.19. The zero-order chi connectivity index (χ0) is 27.6. The van der Waals surface area contributed by atoms with Gasteiger partial charge in [0.25, 0.3) is 5.91 Å². The summed E-state index contributed by atoms with van der Waals surface area (Å²) in [6.45, 7) is 4.94. The van der Waals surface area contributed by atoms with Crippen LogP contribution in [0.2, 0.25) is 0 Å². The zero-order valence-corrected chi connectivity index (χ0v) is 21.8. The van der Waals surface area contributed by atoms with Gasteiger partial charge in [0, 0.05) is 37.0 Å². The van der Waals surface area contributed by atoms with Crippen LogP contribution in [-0.2, 0) is 13.2 Å². The number of aryl methyl sites for hydroxylation is 2. The van der Waals surface area contributed by atoms with Crippen LogP contribution in [0.15, 0.2) is 48.8 Å². The van der Waals surface area contributed by atoms with Crippen molar-refractivity contribution in [1.29, 1.82) is 0 Å². The molecule has 0 radical (unpaired) electrons. The maximum absolute atomic E-state index is 13.4. The molecule has 0 aliphatic carbocycles. The van der Waals surface area contributed by atoms with E-state index in [1.165, 1.54) is 6.07 Å². The Balaban J connectivity index is 1.62. The van der Waals surface area contributed by atoms with Gasteiger partial charge in [0.2, 0.25) is 0 Å². The van der Waals surface area contributed by atoms with E-state index in [9.17, 15) is 18.0 Å². The summed E-state index contributed by atoms with van der Waals surface area (Å²) in [5, 5.41) is 18.4. The number of hydrogen-bond donors (Lipinski definition) is 2. The lowest BCUT2D eigenvalue weighted by Gasteiger charge is -2.17. The number of anilines is 2. The number of alkyl halides is 3. The molecule has 4 rings (SSSR count). The quantitative estimate of drug-likeness (QED) is 0.351. The fraction of sp³-hybridized carbons (Fsp3) is 0.308. The molecular formula is C26H29F3N8O. The number of halogens is 3. The normalized spacial score (nSPS) is 11.7. The number of rotatable bonds is 8. The standard InChI is InChI=1S/C26H29F3N8O/c1-16-6-7-18(12-24(16)37-15-23(33-34-37)20-14-31-36(5)17(20)2)25(38)32-22-13-19(26(27,28)29)8-9-21(22)30-10-11-35(3)4/h6-9,12-15,30H,10-11H2,1-5H3,(H,32,38). The first-order valence-corrected chi connectivity index (χ1v) is 11.9.